The van der Waals surface area contributed by atoms with Gasteiger partial charge in [0, 0.05) is 12.5 Å². The molecule has 1 heterocycles. The number of pyridine rings is 1. The Hall–Kier alpha value is -3.04. The molecule has 10 nitrogen and oxygen atoms in total. The molecule has 1 aromatic rings. The zero-order chi connectivity index (χ0) is 16.9. The summed E-state index contributed by atoms with van der Waals surface area (Å²) in [7, 11) is 0. The molecule has 1 amide bonds. The second kappa shape index (κ2) is 7.11. The van der Waals surface area contributed by atoms with Gasteiger partial charge in [-0.15, -0.1) is 0 Å². The van der Waals surface area contributed by atoms with Gasteiger partial charge in [-0.25, -0.2) is 9.78 Å². The number of hydrogen-bond acceptors (Lipinski definition) is 6. The fourth-order valence-corrected chi connectivity index (χ4v) is 1.84. The molecule has 0 bridgehead atoms. The van der Waals surface area contributed by atoms with E-state index in [0.717, 1.165) is 17.2 Å². The Balaban J connectivity index is 3.16. The van der Waals surface area contributed by atoms with Gasteiger partial charge < -0.3 is 10.2 Å². The van der Waals surface area contributed by atoms with E-state index in [1.165, 1.54) is 6.92 Å². The van der Waals surface area contributed by atoms with Crippen molar-refractivity contribution in [3.8, 4) is 0 Å². The van der Waals surface area contributed by atoms with Gasteiger partial charge in [0.15, 0.2) is 0 Å². The quantitative estimate of drug-likeness (QED) is 0.402. The van der Waals surface area contributed by atoms with Crippen LogP contribution in [-0.2, 0) is 14.4 Å². The van der Waals surface area contributed by atoms with Crippen LogP contribution in [0.15, 0.2) is 12.3 Å². The van der Waals surface area contributed by atoms with Gasteiger partial charge in [0.25, 0.3) is 5.69 Å². The van der Waals surface area contributed by atoms with Crippen molar-refractivity contribution in [1.29, 1.82) is 0 Å². The average molecular weight is 311 g/mol. The highest BCUT2D eigenvalue weighted by atomic mass is 16.6. The summed E-state index contributed by atoms with van der Waals surface area (Å²) >= 11 is 0. The third kappa shape index (κ3) is 3.98. The lowest BCUT2D eigenvalue weighted by molar-refractivity contribution is -0.385. The Morgan fingerprint density at radius 2 is 2.14 bits per heavy atom. The number of aryl methyl sites for hydroxylation is 1. The van der Waals surface area contributed by atoms with Crippen molar-refractivity contribution in [3.05, 3.63) is 27.9 Å². The second-order valence-electron chi connectivity index (χ2n) is 4.39. The number of hydrogen-bond donors (Lipinski definition) is 2. The molecule has 118 valence electrons. The van der Waals surface area contributed by atoms with Crippen LogP contribution < -0.4 is 4.90 Å². The van der Waals surface area contributed by atoms with Gasteiger partial charge in [-0.3, -0.25) is 24.6 Å². The first kappa shape index (κ1) is 17.0. The SMILES string of the molecule is Cc1cc([N+](=O)[O-])cnc1N(C=O)[C@@H](CCC(=O)O)C(=O)O. The number of carboxylic acids is 2. The topological polar surface area (TPSA) is 151 Å². The summed E-state index contributed by atoms with van der Waals surface area (Å²) in [5.74, 6) is -2.67. The molecular weight excluding hydrogens is 298 g/mol. The van der Waals surface area contributed by atoms with Gasteiger partial charge in [0.1, 0.15) is 18.1 Å². The molecule has 0 saturated heterocycles. The lowest BCUT2D eigenvalue weighted by Crippen LogP contribution is -2.41. The molecule has 0 saturated carbocycles. The van der Waals surface area contributed by atoms with Crippen molar-refractivity contribution >= 4 is 29.9 Å². The molecule has 22 heavy (non-hydrogen) atoms. The number of carbonyl (C=O) groups is 3. The highest BCUT2D eigenvalue weighted by Crippen LogP contribution is 2.23. The third-order valence-corrected chi connectivity index (χ3v) is 2.86. The zero-order valence-electron chi connectivity index (χ0n) is 11.5. The van der Waals surface area contributed by atoms with Crippen molar-refractivity contribution in [1.82, 2.24) is 4.98 Å². The van der Waals surface area contributed by atoms with Crippen LogP contribution in [0.3, 0.4) is 0 Å². The maximum atomic E-state index is 11.2. The second-order valence-corrected chi connectivity index (χ2v) is 4.39. The van der Waals surface area contributed by atoms with E-state index in [1.54, 1.807) is 0 Å². The van der Waals surface area contributed by atoms with E-state index in [-0.39, 0.29) is 29.9 Å². The summed E-state index contributed by atoms with van der Waals surface area (Å²) in [5, 5.41) is 28.4. The minimum absolute atomic E-state index is 0.0709. The summed E-state index contributed by atoms with van der Waals surface area (Å²) in [4.78, 5) is 47.5. The molecular formula is C12H13N3O7. The maximum absolute atomic E-state index is 11.2. The van der Waals surface area contributed by atoms with Gasteiger partial charge in [0.05, 0.1) is 4.92 Å². The van der Waals surface area contributed by atoms with E-state index in [0.29, 0.717) is 0 Å². The highest BCUT2D eigenvalue weighted by molar-refractivity contribution is 5.88. The van der Waals surface area contributed by atoms with Crippen molar-refractivity contribution in [2.75, 3.05) is 4.90 Å². The average Bonchev–Trinajstić information content (AvgIpc) is 2.43. The number of carboxylic acid groups (broad SMARTS) is 2. The summed E-state index contributed by atoms with van der Waals surface area (Å²) in [5.41, 5.74) is -0.0765. The van der Waals surface area contributed by atoms with Crippen molar-refractivity contribution in [2.45, 2.75) is 25.8 Å². The Kier molecular flexibility index (Phi) is 5.50. The van der Waals surface area contributed by atoms with E-state index >= 15 is 0 Å². The largest absolute Gasteiger partial charge is 0.481 e. The van der Waals surface area contributed by atoms with Crippen LogP contribution >= 0.6 is 0 Å². The maximum Gasteiger partial charge on any atom is 0.326 e. The fraction of sp³-hybridized carbons (Fsp3) is 0.333. The first-order chi connectivity index (χ1) is 10.3. The lowest BCUT2D eigenvalue weighted by atomic mass is 10.1. The first-order valence-electron chi connectivity index (χ1n) is 6.07. The summed E-state index contributed by atoms with van der Waals surface area (Å²) in [6.07, 6.45) is 0.339. The normalized spacial score (nSPS) is 11.5. The van der Waals surface area contributed by atoms with Crippen LogP contribution in [0.5, 0.6) is 0 Å². The van der Waals surface area contributed by atoms with Crippen molar-refractivity contribution in [2.24, 2.45) is 0 Å². The van der Waals surface area contributed by atoms with E-state index in [2.05, 4.69) is 4.98 Å². The smallest absolute Gasteiger partial charge is 0.326 e. The van der Waals surface area contributed by atoms with Crippen LogP contribution in [0.1, 0.15) is 18.4 Å². The molecule has 0 fully saturated rings. The van der Waals surface area contributed by atoms with E-state index < -0.39 is 29.3 Å². The first-order valence-corrected chi connectivity index (χ1v) is 6.07. The molecule has 0 radical (unpaired) electrons. The van der Waals surface area contributed by atoms with Crippen molar-refractivity contribution < 1.29 is 29.5 Å². The standard InChI is InChI=1S/C12H13N3O7/c1-7-4-8(15(21)22)5-13-11(7)14(6-16)9(12(19)20)2-3-10(17)18/h4-6,9H,2-3H2,1H3,(H,17,18)(H,19,20)/t9-/m0/s1. The summed E-state index contributed by atoms with van der Waals surface area (Å²) in [6, 6.07) is -0.282. The van der Waals surface area contributed by atoms with Gasteiger partial charge in [-0.1, -0.05) is 0 Å². The van der Waals surface area contributed by atoms with Crippen LogP contribution in [-0.4, -0.2) is 44.5 Å². The molecule has 10 heteroatoms. The number of rotatable bonds is 8. The fourth-order valence-electron chi connectivity index (χ4n) is 1.84. The van der Waals surface area contributed by atoms with Gasteiger partial charge in [-0.05, 0) is 18.9 Å². The number of amides is 1. The molecule has 1 rings (SSSR count). The molecule has 0 unspecified atom stereocenters. The summed E-state index contributed by atoms with van der Waals surface area (Å²) < 4.78 is 0. The van der Waals surface area contributed by atoms with Crippen LogP contribution in [0.2, 0.25) is 0 Å². The molecule has 1 aromatic heterocycles. The Morgan fingerprint density at radius 3 is 2.55 bits per heavy atom. The minimum Gasteiger partial charge on any atom is -0.481 e. The van der Waals surface area contributed by atoms with Gasteiger partial charge in [0.2, 0.25) is 6.41 Å². The molecule has 0 aliphatic rings. The Morgan fingerprint density at radius 1 is 1.50 bits per heavy atom. The molecule has 0 aliphatic carbocycles. The summed E-state index contributed by atoms with van der Waals surface area (Å²) in [6.45, 7) is 1.43. The van der Waals surface area contributed by atoms with Gasteiger partial charge >= 0.3 is 11.9 Å². The van der Waals surface area contributed by atoms with E-state index in [1.807, 2.05) is 0 Å². The molecule has 0 aliphatic heterocycles. The molecule has 1 atom stereocenters. The number of aliphatic carboxylic acids is 2. The van der Waals surface area contributed by atoms with Crippen LogP contribution in [0, 0.1) is 17.0 Å². The van der Waals surface area contributed by atoms with E-state index in [4.69, 9.17) is 10.2 Å². The monoisotopic (exact) mass is 311 g/mol. The Labute approximate surface area is 124 Å². The zero-order valence-corrected chi connectivity index (χ0v) is 11.5. The van der Waals surface area contributed by atoms with Crippen LogP contribution in [0.4, 0.5) is 11.5 Å². The molecule has 2 N–H and O–H groups in total. The molecule has 0 spiro atoms. The van der Waals surface area contributed by atoms with Crippen molar-refractivity contribution in [3.63, 3.8) is 0 Å². The highest BCUT2D eigenvalue weighted by Gasteiger charge is 2.28. The molecule has 0 aromatic carbocycles. The number of nitrogens with zero attached hydrogens (tertiary/aromatic N) is 3. The number of nitro groups is 1. The predicted octanol–water partition coefficient (Wildman–Crippen LogP) is 0.579. The number of anilines is 1. The number of carbonyl (C=O) groups excluding carboxylic acids is 1. The minimum atomic E-state index is -1.43. The van der Waals surface area contributed by atoms with E-state index in [9.17, 15) is 24.5 Å². The Bertz CT molecular complexity index is 617. The predicted molar refractivity (Wildman–Crippen MR) is 72.5 cm³/mol. The third-order valence-electron chi connectivity index (χ3n) is 2.86. The van der Waals surface area contributed by atoms with Crippen LogP contribution in [0.25, 0.3) is 0 Å². The lowest BCUT2D eigenvalue weighted by Gasteiger charge is -2.24. The number of aromatic nitrogens is 1. The van der Waals surface area contributed by atoms with Gasteiger partial charge in [-0.2, -0.15) is 0 Å².